The van der Waals surface area contributed by atoms with E-state index in [2.05, 4.69) is 27.2 Å². The molecule has 0 amide bonds. The number of hydrogen-bond acceptors (Lipinski definition) is 6. The van der Waals surface area contributed by atoms with Crippen LogP contribution in [0.3, 0.4) is 0 Å². The van der Waals surface area contributed by atoms with Crippen molar-refractivity contribution >= 4 is 5.82 Å². The molecule has 1 saturated heterocycles. The Balaban J connectivity index is 2.09. The Bertz CT molecular complexity index is 398. The van der Waals surface area contributed by atoms with Crippen molar-refractivity contribution in [3.63, 3.8) is 0 Å². The summed E-state index contributed by atoms with van der Waals surface area (Å²) < 4.78 is 5.49. The smallest absolute Gasteiger partial charge is 0.145 e. The van der Waals surface area contributed by atoms with Crippen LogP contribution in [-0.4, -0.2) is 40.7 Å². The van der Waals surface area contributed by atoms with E-state index in [1.807, 2.05) is 13.0 Å². The average Bonchev–Trinajstić information content (AvgIpc) is 2.38. The predicted molar refractivity (Wildman–Crippen MR) is 69.9 cm³/mol. The molecule has 1 unspecified atom stereocenters. The fraction of sp³-hybridized carbons (Fsp3) is 0.667. The second-order valence-corrected chi connectivity index (χ2v) is 4.56. The number of anilines is 1. The van der Waals surface area contributed by atoms with Gasteiger partial charge in [0.15, 0.2) is 0 Å². The summed E-state index contributed by atoms with van der Waals surface area (Å²) in [4.78, 5) is 11.2. The number of nitrogens with two attached hydrogens (primary N) is 1. The van der Waals surface area contributed by atoms with Crippen LogP contribution in [0.1, 0.15) is 24.9 Å². The Hall–Kier alpha value is -1.24. The van der Waals surface area contributed by atoms with Gasteiger partial charge >= 0.3 is 0 Å². The van der Waals surface area contributed by atoms with E-state index in [1.165, 1.54) is 0 Å². The second kappa shape index (κ2) is 6.08. The van der Waals surface area contributed by atoms with Crippen LogP contribution >= 0.6 is 0 Å². The van der Waals surface area contributed by atoms with Crippen LogP contribution in [0.4, 0.5) is 5.82 Å². The van der Waals surface area contributed by atoms with Crippen molar-refractivity contribution in [2.45, 2.75) is 32.9 Å². The maximum absolute atomic E-state index is 5.49. The lowest BCUT2D eigenvalue weighted by Gasteiger charge is -2.34. The van der Waals surface area contributed by atoms with Crippen molar-refractivity contribution in [2.24, 2.45) is 5.84 Å². The zero-order valence-electron chi connectivity index (χ0n) is 11.0. The summed E-state index contributed by atoms with van der Waals surface area (Å²) in [7, 11) is 0. The zero-order chi connectivity index (χ0) is 13.0. The lowest BCUT2D eigenvalue weighted by atomic mass is 10.2. The van der Waals surface area contributed by atoms with Crippen molar-refractivity contribution in [2.75, 3.05) is 25.2 Å². The molecule has 6 heteroatoms. The molecule has 0 aromatic carbocycles. The number of nitrogens with zero attached hydrogens (tertiary/aromatic N) is 3. The number of aromatic nitrogens is 2. The van der Waals surface area contributed by atoms with Gasteiger partial charge in [0.2, 0.25) is 0 Å². The zero-order valence-corrected chi connectivity index (χ0v) is 11.0. The van der Waals surface area contributed by atoms with Gasteiger partial charge in [0.1, 0.15) is 11.6 Å². The van der Waals surface area contributed by atoms with E-state index >= 15 is 0 Å². The number of hydrazine groups is 1. The first kappa shape index (κ1) is 13.2. The third kappa shape index (κ3) is 3.16. The van der Waals surface area contributed by atoms with E-state index in [1.54, 1.807) is 0 Å². The molecule has 3 N–H and O–H groups in total. The Morgan fingerprint density at radius 3 is 3.11 bits per heavy atom. The van der Waals surface area contributed by atoms with Gasteiger partial charge in [0.25, 0.3) is 0 Å². The standard InChI is InChI=1S/C12H21N5O/c1-3-10-8-18-5-4-17(10)7-12-14-9(2)6-11(15-12)16-13/h6,10H,3-5,7-8,13H2,1-2H3,(H,14,15,16). The second-order valence-electron chi connectivity index (χ2n) is 4.56. The lowest BCUT2D eigenvalue weighted by molar-refractivity contribution is -0.0138. The monoisotopic (exact) mass is 251 g/mol. The third-order valence-corrected chi connectivity index (χ3v) is 3.21. The molecule has 1 aromatic heterocycles. The Morgan fingerprint density at radius 2 is 2.39 bits per heavy atom. The highest BCUT2D eigenvalue weighted by Crippen LogP contribution is 2.14. The fourth-order valence-corrected chi connectivity index (χ4v) is 2.23. The molecular formula is C12H21N5O. The fourth-order valence-electron chi connectivity index (χ4n) is 2.23. The Kier molecular flexibility index (Phi) is 4.46. The molecule has 0 saturated carbocycles. The molecule has 0 spiro atoms. The van der Waals surface area contributed by atoms with Gasteiger partial charge in [-0.25, -0.2) is 15.8 Å². The van der Waals surface area contributed by atoms with E-state index in [9.17, 15) is 0 Å². The summed E-state index contributed by atoms with van der Waals surface area (Å²) in [6.07, 6.45) is 1.08. The number of ether oxygens (including phenoxy) is 1. The van der Waals surface area contributed by atoms with E-state index in [-0.39, 0.29) is 0 Å². The number of aryl methyl sites for hydroxylation is 1. The molecule has 0 radical (unpaired) electrons. The molecule has 2 heterocycles. The molecule has 0 aliphatic carbocycles. The van der Waals surface area contributed by atoms with Gasteiger partial charge in [-0.05, 0) is 13.3 Å². The first-order valence-corrected chi connectivity index (χ1v) is 6.36. The third-order valence-electron chi connectivity index (χ3n) is 3.21. The van der Waals surface area contributed by atoms with Crippen molar-refractivity contribution < 1.29 is 4.74 Å². The minimum Gasteiger partial charge on any atom is -0.378 e. The number of hydrogen-bond donors (Lipinski definition) is 2. The van der Waals surface area contributed by atoms with Crippen molar-refractivity contribution in [3.05, 3.63) is 17.6 Å². The van der Waals surface area contributed by atoms with E-state index in [4.69, 9.17) is 10.6 Å². The molecule has 1 aliphatic rings. The normalized spacial score (nSPS) is 20.9. The molecule has 6 nitrogen and oxygen atoms in total. The molecule has 1 atom stereocenters. The summed E-state index contributed by atoms with van der Waals surface area (Å²) in [5.74, 6) is 6.87. The molecule has 1 fully saturated rings. The van der Waals surface area contributed by atoms with Crippen LogP contribution in [0.2, 0.25) is 0 Å². The molecule has 2 rings (SSSR count). The molecule has 100 valence electrons. The number of nitrogen functional groups attached to an aromatic ring is 1. The van der Waals surface area contributed by atoms with Crippen LogP contribution in [0.5, 0.6) is 0 Å². The van der Waals surface area contributed by atoms with Gasteiger partial charge < -0.3 is 10.2 Å². The summed E-state index contributed by atoms with van der Waals surface area (Å²) in [6, 6.07) is 2.29. The van der Waals surface area contributed by atoms with Crippen LogP contribution in [0, 0.1) is 6.92 Å². The quantitative estimate of drug-likeness (QED) is 0.605. The van der Waals surface area contributed by atoms with Crippen molar-refractivity contribution in [1.82, 2.24) is 14.9 Å². The first-order valence-electron chi connectivity index (χ1n) is 6.36. The Labute approximate surface area is 108 Å². The van der Waals surface area contributed by atoms with Crippen LogP contribution in [0.15, 0.2) is 6.07 Å². The first-order chi connectivity index (χ1) is 8.72. The Morgan fingerprint density at radius 1 is 1.56 bits per heavy atom. The SMILES string of the molecule is CCC1COCCN1Cc1nc(C)cc(NN)n1. The number of morpholine rings is 1. The van der Waals surface area contributed by atoms with E-state index in [0.29, 0.717) is 11.9 Å². The van der Waals surface area contributed by atoms with Gasteiger partial charge in [-0.1, -0.05) is 6.92 Å². The summed E-state index contributed by atoms with van der Waals surface area (Å²) in [6.45, 7) is 7.38. The minimum atomic E-state index is 0.456. The maximum atomic E-state index is 5.49. The molecule has 18 heavy (non-hydrogen) atoms. The van der Waals surface area contributed by atoms with Crippen molar-refractivity contribution in [3.8, 4) is 0 Å². The van der Waals surface area contributed by atoms with Crippen LogP contribution in [0.25, 0.3) is 0 Å². The summed E-state index contributed by atoms with van der Waals surface area (Å²) >= 11 is 0. The number of rotatable bonds is 4. The van der Waals surface area contributed by atoms with Crippen molar-refractivity contribution in [1.29, 1.82) is 0 Å². The molecule has 1 aliphatic heterocycles. The van der Waals surface area contributed by atoms with Gasteiger partial charge in [-0.2, -0.15) is 0 Å². The van der Waals surface area contributed by atoms with Crippen LogP contribution < -0.4 is 11.3 Å². The minimum absolute atomic E-state index is 0.456. The molecule has 0 bridgehead atoms. The highest BCUT2D eigenvalue weighted by Gasteiger charge is 2.22. The average molecular weight is 251 g/mol. The largest absolute Gasteiger partial charge is 0.378 e. The maximum Gasteiger partial charge on any atom is 0.145 e. The highest BCUT2D eigenvalue weighted by atomic mass is 16.5. The van der Waals surface area contributed by atoms with Gasteiger partial charge in [-0.3, -0.25) is 4.90 Å². The lowest BCUT2D eigenvalue weighted by Crippen LogP contribution is -2.44. The number of nitrogens with one attached hydrogen (secondary N) is 1. The summed E-state index contributed by atoms with van der Waals surface area (Å²) in [5.41, 5.74) is 3.50. The van der Waals surface area contributed by atoms with Gasteiger partial charge in [0, 0.05) is 24.3 Å². The van der Waals surface area contributed by atoms with E-state index < -0.39 is 0 Å². The summed E-state index contributed by atoms with van der Waals surface area (Å²) in [5, 5.41) is 0. The van der Waals surface area contributed by atoms with Crippen LogP contribution in [-0.2, 0) is 11.3 Å². The topological polar surface area (TPSA) is 76.3 Å². The van der Waals surface area contributed by atoms with Gasteiger partial charge in [0.05, 0.1) is 19.8 Å². The highest BCUT2D eigenvalue weighted by molar-refractivity contribution is 5.33. The predicted octanol–water partition coefficient (Wildman–Crippen LogP) is 0.681. The molecule has 1 aromatic rings. The molecular weight excluding hydrogens is 230 g/mol. The van der Waals surface area contributed by atoms with Gasteiger partial charge in [-0.15, -0.1) is 0 Å². The van der Waals surface area contributed by atoms with E-state index in [0.717, 1.165) is 44.2 Å².